The van der Waals surface area contributed by atoms with Crippen LogP contribution in [-0.2, 0) is 0 Å². The van der Waals surface area contributed by atoms with Gasteiger partial charge in [0.1, 0.15) is 0 Å². The molecule has 1 saturated carbocycles. The molecule has 0 bridgehead atoms. The predicted octanol–water partition coefficient (Wildman–Crippen LogP) is 14.4. The lowest BCUT2D eigenvalue weighted by molar-refractivity contribution is 1.53. The van der Waals surface area contributed by atoms with Crippen molar-refractivity contribution >= 4 is 86.3 Å². The fourth-order valence-corrected chi connectivity index (χ4v) is 6.85. The van der Waals surface area contributed by atoms with Crippen LogP contribution < -0.4 is 0 Å². The number of halogens is 6. The molecule has 0 heterocycles. The van der Waals surface area contributed by atoms with Crippen molar-refractivity contribution in [1.82, 2.24) is 0 Å². The molecule has 0 spiro atoms. The molecule has 0 nitrogen and oxygen atoms in total. The Hall–Kier alpha value is -3.72. The molecule has 234 valence electrons. The van der Waals surface area contributed by atoms with Crippen LogP contribution in [0.25, 0.3) is 16.7 Å². The maximum absolute atomic E-state index is 6.65. The van der Waals surface area contributed by atoms with Gasteiger partial charge in [0.05, 0.1) is 0 Å². The second-order valence-corrected chi connectivity index (χ2v) is 13.9. The standard InChI is InChI=1S/C42H24Cl6/c43-31-14-4-25(5-15-31)37(26-6-16-32(44)17-7-26)40-41(38(27-8-18-33(45)19-9-27)28-10-20-34(46)21-11-28)42(40)39(29-12-22-35(47)23-13-29)30-2-1-3-36(48)24-30/h1-24H. The molecule has 0 N–H and O–H groups in total. The van der Waals surface area contributed by atoms with Gasteiger partial charge in [0, 0.05) is 30.1 Å². The molecule has 0 aliphatic heterocycles. The summed E-state index contributed by atoms with van der Waals surface area (Å²) in [6.07, 6.45) is 0. The van der Waals surface area contributed by atoms with Crippen LogP contribution >= 0.6 is 69.6 Å². The first-order valence-electron chi connectivity index (χ1n) is 15.1. The van der Waals surface area contributed by atoms with Crippen molar-refractivity contribution in [3.05, 3.63) is 226 Å². The highest BCUT2D eigenvalue weighted by Gasteiger charge is 2.41. The van der Waals surface area contributed by atoms with E-state index in [1.807, 2.05) is 91.0 Å². The average molecular weight is 741 g/mol. The number of benzene rings is 6. The highest BCUT2D eigenvalue weighted by atomic mass is 35.5. The van der Waals surface area contributed by atoms with Gasteiger partial charge in [-0.3, -0.25) is 0 Å². The lowest BCUT2D eigenvalue weighted by Crippen LogP contribution is -1.90. The summed E-state index contributed by atoms with van der Waals surface area (Å²) >= 11 is 38.7. The Balaban J connectivity index is 1.69. The van der Waals surface area contributed by atoms with Crippen molar-refractivity contribution in [3.63, 3.8) is 0 Å². The maximum atomic E-state index is 6.65. The molecular formula is C42H24Cl6. The SMILES string of the molecule is Clc1ccc(C(=C2C(=C(c3ccc(Cl)cc3)c3ccc(Cl)cc3)C2=C(c2ccc(Cl)cc2)c2cccc(Cl)c2)c2ccc(Cl)cc2)cc1. The molecule has 6 heteroatoms. The summed E-state index contributed by atoms with van der Waals surface area (Å²) in [6, 6.07) is 47.6. The van der Waals surface area contributed by atoms with Crippen LogP contribution in [0.4, 0.5) is 0 Å². The summed E-state index contributed by atoms with van der Waals surface area (Å²) in [4.78, 5) is 0. The van der Waals surface area contributed by atoms with Crippen molar-refractivity contribution < 1.29 is 0 Å². The van der Waals surface area contributed by atoms with Crippen LogP contribution in [0.1, 0.15) is 33.4 Å². The minimum atomic E-state index is 0.641. The Kier molecular flexibility index (Phi) is 9.58. The van der Waals surface area contributed by atoms with Crippen molar-refractivity contribution in [1.29, 1.82) is 0 Å². The number of allylic oxidation sites excluding steroid dienone is 3. The van der Waals surface area contributed by atoms with Gasteiger partial charge in [0.2, 0.25) is 0 Å². The smallest absolute Gasteiger partial charge is 0.0412 e. The number of hydrogen-bond acceptors (Lipinski definition) is 0. The summed E-state index contributed by atoms with van der Waals surface area (Å²) in [7, 11) is 0. The number of hydrogen-bond donors (Lipinski definition) is 0. The first-order valence-corrected chi connectivity index (χ1v) is 17.3. The lowest BCUT2D eigenvalue weighted by atomic mass is 9.94. The Morgan fingerprint density at radius 3 is 0.750 bits per heavy atom. The number of rotatable bonds is 6. The van der Waals surface area contributed by atoms with Crippen LogP contribution in [0.3, 0.4) is 0 Å². The summed E-state index contributed by atoms with van der Waals surface area (Å²) in [5, 5.41) is 3.93. The summed E-state index contributed by atoms with van der Waals surface area (Å²) < 4.78 is 0. The van der Waals surface area contributed by atoms with E-state index in [4.69, 9.17) is 69.6 Å². The average Bonchev–Trinajstić information content (AvgIpc) is 3.78. The van der Waals surface area contributed by atoms with Gasteiger partial charge in [-0.15, -0.1) is 0 Å². The van der Waals surface area contributed by atoms with Crippen molar-refractivity contribution in [2.24, 2.45) is 0 Å². The van der Waals surface area contributed by atoms with E-state index < -0.39 is 0 Å². The Morgan fingerprint density at radius 1 is 0.250 bits per heavy atom. The van der Waals surface area contributed by atoms with E-state index in [1.165, 1.54) is 0 Å². The highest BCUT2D eigenvalue weighted by Crippen LogP contribution is 2.59. The first kappa shape index (κ1) is 32.8. The molecule has 0 atom stereocenters. The van der Waals surface area contributed by atoms with E-state index in [-0.39, 0.29) is 0 Å². The fourth-order valence-electron chi connectivity index (χ4n) is 6.03. The van der Waals surface area contributed by atoms with Gasteiger partial charge in [-0.05, 0) is 140 Å². The van der Waals surface area contributed by atoms with Gasteiger partial charge >= 0.3 is 0 Å². The minimum Gasteiger partial charge on any atom is -0.0843 e. The molecule has 7 rings (SSSR count). The van der Waals surface area contributed by atoms with Gasteiger partial charge in [0.25, 0.3) is 0 Å². The Morgan fingerprint density at radius 2 is 0.500 bits per heavy atom. The van der Waals surface area contributed by atoms with Gasteiger partial charge in [-0.2, -0.15) is 0 Å². The fraction of sp³-hybridized carbons (Fsp3) is 0. The molecule has 48 heavy (non-hydrogen) atoms. The van der Waals surface area contributed by atoms with Crippen LogP contribution in [0.5, 0.6) is 0 Å². The van der Waals surface area contributed by atoms with Crippen molar-refractivity contribution in [3.8, 4) is 0 Å². The van der Waals surface area contributed by atoms with E-state index in [0.717, 1.165) is 66.8 Å². The normalized spacial score (nSPS) is 12.2. The van der Waals surface area contributed by atoms with Crippen LogP contribution in [0.2, 0.25) is 30.1 Å². The van der Waals surface area contributed by atoms with Gasteiger partial charge in [-0.25, -0.2) is 0 Å². The first-order chi connectivity index (χ1) is 23.3. The lowest BCUT2D eigenvalue weighted by Gasteiger charge is -2.11. The van der Waals surface area contributed by atoms with Crippen LogP contribution in [0, 0.1) is 0 Å². The molecule has 6 aromatic rings. The third-order valence-corrected chi connectivity index (χ3v) is 9.71. The molecule has 1 aliphatic rings. The van der Waals surface area contributed by atoms with Gasteiger partial charge in [0.15, 0.2) is 0 Å². The molecule has 0 amide bonds. The van der Waals surface area contributed by atoms with E-state index in [2.05, 4.69) is 54.6 Å². The third-order valence-electron chi connectivity index (χ3n) is 8.22. The highest BCUT2D eigenvalue weighted by molar-refractivity contribution is 6.32. The van der Waals surface area contributed by atoms with Gasteiger partial charge in [-0.1, -0.05) is 142 Å². The van der Waals surface area contributed by atoms with E-state index in [9.17, 15) is 0 Å². The molecule has 0 saturated heterocycles. The molecule has 0 aromatic heterocycles. The molecule has 6 aromatic carbocycles. The zero-order chi connectivity index (χ0) is 33.4. The predicted molar refractivity (Wildman–Crippen MR) is 207 cm³/mol. The zero-order valence-corrected chi connectivity index (χ0v) is 29.7. The topological polar surface area (TPSA) is 0 Å². The molecule has 1 fully saturated rings. The third kappa shape index (κ3) is 6.89. The van der Waals surface area contributed by atoms with E-state index in [1.54, 1.807) is 0 Å². The molecule has 0 radical (unpaired) electrons. The Labute approximate surface area is 310 Å². The summed E-state index contributed by atoms with van der Waals surface area (Å²) in [6.45, 7) is 0. The van der Waals surface area contributed by atoms with Gasteiger partial charge < -0.3 is 0 Å². The second kappa shape index (κ2) is 14.0. The zero-order valence-electron chi connectivity index (χ0n) is 25.1. The quantitative estimate of drug-likeness (QED) is 0.159. The summed E-state index contributed by atoms with van der Waals surface area (Å²) in [5.41, 5.74) is 12.4. The van der Waals surface area contributed by atoms with Crippen molar-refractivity contribution in [2.75, 3.05) is 0 Å². The largest absolute Gasteiger partial charge is 0.0843 e. The summed E-state index contributed by atoms with van der Waals surface area (Å²) in [5.74, 6) is 0. The second-order valence-electron chi connectivity index (χ2n) is 11.3. The van der Waals surface area contributed by atoms with E-state index in [0.29, 0.717) is 30.1 Å². The molecular weight excluding hydrogens is 717 g/mol. The van der Waals surface area contributed by atoms with Crippen molar-refractivity contribution in [2.45, 2.75) is 0 Å². The van der Waals surface area contributed by atoms with E-state index >= 15 is 0 Å². The minimum absolute atomic E-state index is 0.641. The van der Waals surface area contributed by atoms with Crippen LogP contribution in [-0.4, -0.2) is 0 Å². The molecule has 1 aliphatic carbocycles. The van der Waals surface area contributed by atoms with Crippen LogP contribution in [0.15, 0.2) is 162 Å². The molecule has 0 unspecified atom stereocenters. The monoisotopic (exact) mass is 738 g/mol. The maximum Gasteiger partial charge on any atom is 0.0412 e. The Bertz CT molecular complexity index is 2020.